The number of halogens is 2. The molecule has 2 aromatic heterocycles. The third-order valence-electron chi connectivity index (χ3n) is 9.48. The predicted octanol–water partition coefficient (Wildman–Crippen LogP) is 2.64. The first-order valence-electron chi connectivity index (χ1n) is 16.5. The molecule has 21 nitrogen and oxygen atoms in total. The summed E-state index contributed by atoms with van der Waals surface area (Å²) in [5.74, 6) is -4.81. The van der Waals surface area contributed by atoms with Gasteiger partial charge in [-0.25, -0.2) is 17.9 Å². The standard InChI is InChI=1S/C31H32F2N12O9/c32-21-1-5-23(6-2-21)36-9-13-38(14-10-36)25(17-40-19-27(42(47)48)34-30(40)44(51)52)29(46)26(18-41-20-28(43(49)50)35-31(41)45(53)54)39-15-11-37(12-16-39)24-7-3-22(33)4-8-24/h1-8,19-20,25-26H,9-18H2. The Morgan fingerprint density at radius 3 is 1.20 bits per heavy atom. The van der Waals surface area contributed by atoms with E-state index >= 15 is 4.79 Å². The lowest BCUT2D eigenvalue weighted by atomic mass is 9.99. The lowest BCUT2D eigenvalue weighted by Gasteiger charge is -2.43. The van der Waals surface area contributed by atoms with Gasteiger partial charge in [0.15, 0.2) is 18.2 Å². The van der Waals surface area contributed by atoms with Gasteiger partial charge in [-0.3, -0.25) is 14.6 Å². The van der Waals surface area contributed by atoms with Gasteiger partial charge in [0.25, 0.3) is 0 Å². The third-order valence-corrected chi connectivity index (χ3v) is 9.48. The average molecular weight is 755 g/mol. The molecule has 54 heavy (non-hydrogen) atoms. The molecule has 4 heterocycles. The van der Waals surface area contributed by atoms with Crippen molar-refractivity contribution in [2.75, 3.05) is 62.2 Å². The molecular weight excluding hydrogens is 722 g/mol. The maximum absolute atomic E-state index is 15.0. The van der Waals surface area contributed by atoms with E-state index in [9.17, 15) is 49.2 Å². The lowest BCUT2D eigenvalue weighted by Crippen LogP contribution is -2.60. The summed E-state index contributed by atoms with van der Waals surface area (Å²) in [4.78, 5) is 72.8. The number of Topliss-reactive ketones (excluding diaryl/α,β-unsaturated/α-hetero) is 1. The SMILES string of the molecule is O=C(C(Cn1cc([N+](=O)[O-])nc1[N+](=O)[O-])N1CCN(c2ccc(F)cc2)CC1)C(Cn1cc([N+](=O)[O-])nc1[N+](=O)[O-])N1CCN(c2ccc(F)cc2)CC1. The number of nitro groups is 4. The molecule has 2 aromatic carbocycles. The number of nitrogens with zero attached hydrogens (tertiary/aromatic N) is 12. The molecule has 2 saturated heterocycles. The molecular formula is C31H32F2N12O9. The van der Waals surface area contributed by atoms with E-state index in [1.165, 1.54) is 24.3 Å². The molecule has 0 N–H and O–H groups in total. The number of aromatic nitrogens is 4. The summed E-state index contributed by atoms with van der Waals surface area (Å²) in [6, 6.07) is 9.18. The number of hydrogen-bond donors (Lipinski definition) is 0. The molecule has 0 saturated carbocycles. The molecule has 0 spiro atoms. The Bertz CT molecular complexity index is 1900. The highest BCUT2D eigenvalue weighted by atomic mass is 19.1. The fourth-order valence-electron chi connectivity index (χ4n) is 6.77. The summed E-state index contributed by atoms with van der Waals surface area (Å²) in [5.41, 5.74) is 1.43. The van der Waals surface area contributed by atoms with Gasteiger partial charge >= 0.3 is 23.5 Å². The molecule has 0 radical (unpaired) electrons. The zero-order valence-electron chi connectivity index (χ0n) is 28.3. The van der Waals surface area contributed by atoms with Crippen molar-refractivity contribution in [2.45, 2.75) is 25.2 Å². The van der Waals surface area contributed by atoms with Crippen LogP contribution < -0.4 is 9.80 Å². The van der Waals surface area contributed by atoms with E-state index < -0.39 is 85.8 Å². The average Bonchev–Trinajstić information content (AvgIpc) is 3.79. The lowest BCUT2D eigenvalue weighted by molar-refractivity contribution is -0.403. The topological polar surface area (TPSA) is 238 Å². The predicted molar refractivity (Wildman–Crippen MR) is 184 cm³/mol. The van der Waals surface area contributed by atoms with Crippen molar-refractivity contribution in [3.63, 3.8) is 0 Å². The first-order valence-corrected chi connectivity index (χ1v) is 16.5. The Labute approximate surface area is 303 Å². The van der Waals surface area contributed by atoms with Crippen LogP contribution >= 0.6 is 0 Å². The molecule has 6 rings (SSSR count). The zero-order valence-corrected chi connectivity index (χ0v) is 28.3. The molecule has 2 unspecified atom stereocenters. The van der Waals surface area contributed by atoms with Crippen molar-refractivity contribution in [3.8, 4) is 0 Å². The van der Waals surface area contributed by atoms with Crippen LogP contribution in [0.5, 0.6) is 0 Å². The Balaban J connectivity index is 1.36. The number of hydrogen-bond acceptors (Lipinski definition) is 15. The Kier molecular flexibility index (Phi) is 10.8. The summed E-state index contributed by atoms with van der Waals surface area (Å²) in [7, 11) is 0. The maximum atomic E-state index is 15.0. The third kappa shape index (κ3) is 8.10. The van der Waals surface area contributed by atoms with E-state index in [4.69, 9.17) is 0 Å². The molecule has 2 aliphatic rings. The molecule has 0 bridgehead atoms. The molecule has 4 aromatic rings. The molecule has 2 fully saturated rings. The fourth-order valence-corrected chi connectivity index (χ4v) is 6.77. The first-order chi connectivity index (χ1) is 25.8. The van der Waals surface area contributed by atoms with Crippen LogP contribution in [-0.2, 0) is 17.9 Å². The highest BCUT2D eigenvalue weighted by Crippen LogP contribution is 2.27. The number of carbonyl (C=O) groups is 1. The van der Waals surface area contributed by atoms with Gasteiger partial charge in [0.05, 0.1) is 13.1 Å². The van der Waals surface area contributed by atoms with Gasteiger partial charge in [-0.2, -0.15) is 0 Å². The molecule has 2 aliphatic heterocycles. The molecule has 2 atom stereocenters. The Hall–Kier alpha value is -6.49. The van der Waals surface area contributed by atoms with Crippen LogP contribution in [0.1, 0.15) is 0 Å². The number of piperazine rings is 2. The minimum atomic E-state index is -1.22. The second-order valence-corrected chi connectivity index (χ2v) is 12.6. The van der Waals surface area contributed by atoms with E-state index in [1.54, 1.807) is 34.1 Å². The van der Waals surface area contributed by atoms with Crippen molar-refractivity contribution < 1.29 is 33.3 Å². The number of rotatable bonds is 14. The van der Waals surface area contributed by atoms with Crippen LogP contribution in [0.3, 0.4) is 0 Å². The van der Waals surface area contributed by atoms with E-state index in [0.29, 0.717) is 37.6 Å². The van der Waals surface area contributed by atoms with Crippen LogP contribution in [0, 0.1) is 52.1 Å². The quantitative estimate of drug-likeness (QED) is 0.133. The van der Waals surface area contributed by atoms with Crippen molar-refractivity contribution >= 4 is 40.7 Å². The number of carbonyl (C=O) groups excluding carboxylic acids is 1. The summed E-state index contributed by atoms with van der Waals surface area (Å²) in [6.45, 7) is 1.24. The molecule has 0 amide bonds. The van der Waals surface area contributed by atoms with E-state index in [-0.39, 0.29) is 26.2 Å². The van der Waals surface area contributed by atoms with Gasteiger partial charge in [-0.15, -0.1) is 0 Å². The van der Waals surface area contributed by atoms with Crippen LogP contribution in [0.15, 0.2) is 60.9 Å². The Morgan fingerprint density at radius 2 is 0.907 bits per heavy atom. The van der Waals surface area contributed by atoms with Gasteiger partial charge < -0.3 is 50.3 Å². The van der Waals surface area contributed by atoms with Gasteiger partial charge in [0.1, 0.15) is 23.7 Å². The number of imidazole rings is 2. The van der Waals surface area contributed by atoms with Crippen LogP contribution in [0.4, 0.5) is 43.7 Å². The first kappa shape index (κ1) is 37.3. The van der Waals surface area contributed by atoms with E-state index in [2.05, 4.69) is 9.97 Å². The van der Waals surface area contributed by atoms with Gasteiger partial charge in [-0.1, -0.05) is 0 Å². The second kappa shape index (κ2) is 15.6. The second-order valence-electron chi connectivity index (χ2n) is 12.6. The Morgan fingerprint density at radius 1 is 0.574 bits per heavy atom. The van der Waals surface area contributed by atoms with Gasteiger partial charge in [0, 0.05) is 63.7 Å². The number of benzene rings is 2. The van der Waals surface area contributed by atoms with E-state index in [0.717, 1.165) is 21.5 Å². The minimum absolute atomic E-state index is 0.208. The fraction of sp³-hybridized carbons (Fsp3) is 0.387. The highest BCUT2D eigenvalue weighted by molar-refractivity contribution is 5.89. The summed E-state index contributed by atoms with van der Waals surface area (Å²) >= 11 is 0. The van der Waals surface area contributed by atoms with Gasteiger partial charge in [-0.05, 0) is 78.2 Å². The van der Waals surface area contributed by atoms with Crippen molar-refractivity contribution in [1.29, 1.82) is 0 Å². The van der Waals surface area contributed by atoms with Crippen molar-refractivity contribution in [3.05, 3.63) is 113 Å². The van der Waals surface area contributed by atoms with Crippen LogP contribution in [-0.4, -0.2) is 119 Å². The van der Waals surface area contributed by atoms with Crippen LogP contribution in [0.25, 0.3) is 0 Å². The number of anilines is 2. The summed E-state index contributed by atoms with van der Waals surface area (Å²) in [6.07, 6.45) is 1.71. The largest absolute Gasteiger partial charge is 0.439 e. The number of ketones is 1. The van der Waals surface area contributed by atoms with E-state index in [1.807, 2.05) is 9.80 Å². The van der Waals surface area contributed by atoms with Crippen LogP contribution in [0.2, 0.25) is 0 Å². The molecule has 284 valence electrons. The summed E-state index contributed by atoms with van der Waals surface area (Å²) in [5, 5.41) is 47.0. The monoisotopic (exact) mass is 754 g/mol. The van der Waals surface area contributed by atoms with Crippen molar-refractivity contribution in [1.82, 2.24) is 28.9 Å². The molecule has 23 heteroatoms. The normalized spacial score (nSPS) is 16.6. The van der Waals surface area contributed by atoms with Crippen molar-refractivity contribution in [2.24, 2.45) is 0 Å². The summed E-state index contributed by atoms with van der Waals surface area (Å²) < 4.78 is 29.0. The highest BCUT2D eigenvalue weighted by Gasteiger charge is 2.41. The molecule has 0 aliphatic carbocycles. The maximum Gasteiger partial charge on any atom is 0.439 e. The zero-order chi connectivity index (χ0) is 38.7. The smallest absolute Gasteiger partial charge is 0.390 e. The van der Waals surface area contributed by atoms with Gasteiger partial charge in [0.2, 0.25) is 0 Å². The minimum Gasteiger partial charge on any atom is -0.390 e.